The lowest BCUT2D eigenvalue weighted by Crippen LogP contribution is -2.29. The lowest BCUT2D eigenvalue weighted by molar-refractivity contribution is -0.146. The minimum atomic E-state index is -0.486. The Hall–Kier alpha value is -2.83. The molecule has 0 bridgehead atoms. The lowest BCUT2D eigenvalue weighted by Gasteiger charge is -2.28. The number of benzene rings is 1. The van der Waals surface area contributed by atoms with Gasteiger partial charge in [-0.25, -0.2) is 0 Å². The third kappa shape index (κ3) is 5.09. The molecule has 0 radical (unpaired) electrons. The van der Waals surface area contributed by atoms with Crippen molar-refractivity contribution in [1.29, 1.82) is 0 Å². The molecule has 1 saturated heterocycles. The number of rotatable bonds is 6. The predicted molar refractivity (Wildman–Crippen MR) is 102 cm³/mol. The van der Waals surface area contributed by atoms with Gasteiger partial charge in [0.1, 0.15) is 5.76 Å². The van der Waals surface area contributed by atoms with Crippen molar-refractivity contribution in [3.63, 3.8) is 0 Å². The summed E-state index contributed by atoms with van der Waals surface area (Å²) >= 11 is 0. The van der Waals surface area contributed by atoms with Crippen molar-refractivity contribution < 1.29 is 18.8 Å². The molecule has 2 aromatic rings. The topological polar surface area (TPSA) is 84.7 Å². The molecule has 1 aliphatic heterocycles. The van der Waals surface area contributed by atoms with Crippen LogP contribution in [0.1, 0.15) is 36.3 Å². The summed E-state index contributed by atoms with van der Waals surface area (Å²) in [6.07, 6.45) is 3.77. The van der Waals surface area contributed by atoms with Crippen LogP contribution in [0.5, 0.6) is 0 Å². The van der Waals surface area contributed by atoms with Gasteiger partial charge in [0.25, 0.3) is 5.91 Å². The molecular formula is C20H25N3O4. The Bertz CT molecular complexity index is 773. The molecule has 0 aliphatic carbocycles. The van der Waals surface area contributed by atoms with Crippen LogP contribution in [0, 0.1) is 13.8 Å². The number of carbonyl (C=O) groups is 2. The summed E-state index contributed by atoms with van der Waals surface area (Å²) in [5.41, 5.74) is 3.21. The third-order valence-corrected chi connectivity index (χ3v) is 4.74. The molecule has 0 unspecified atom stereocenters. The van der Waals surface area contributed by atoms with Crippen molar-refractivity contribution in [3.05, 3.63) is 41.3 Å². The number of hydrogen-bond donors (Lipinski definition) is 1. The molecule has 1 amide bonds. The Kier molecular flexibility index (Phi) is 6.11. The van der Waals surface area contributed by atoms with Gasteiger partial charge >= 0.3 is 5.97 Å². The van der Waals surface area contributed by atoms with Gasteiger partial charge in [0, 0.05) is 30.0 Å². The molecule has 1 N–H and O–H groups in total. The van der Waals surface area contributed by atoms with Gasteiger partial charge in [0.15, 0.2) is 6.61 Å². The number of aryl methyl sites for hydroxylation is 2. The molecule has 2 heterocycles. The second-order valence-electron chi connectivity index (χ2n) is 6.78. The number of ether oxygens (including phenoxy) is 1. The average molecular weight is 371 g/mol. The van der Waals surface area contributed by atoms with Gasteiger partial charge < -0.3 is 19.5 Å². The number of nitrogens with one attached hydrogen (secondary N) is 1. The molecule has 0 spiro atoms. The van der Waals surface area contributed by atoms with Gasteiger partial charge in [-0.05, 0) is 57.4 Å². The Morgan fingerprint density at radius 1 is 1.15 bits per heavy atom. The van der Waals surface area contributed by atoms with Crippen molar-refractivity contribution >= 4 is 23.3 Å². The second-order valence-corrected chi connectivity index (χ2v) is 6.78. The van der Waals surface area contributed by atoms with Gasteiger partial charge in [-0.15, -0.1) is 0 Å². The van der Waals surface area contributed by atoms with Gasteiger partial charge in [-0.1, -0.05) is 5.16 Å². The maximum absolute atomic E-state index is 12.0. The highest BCUT2D eigenvalue weighted by Crippen LogP contribution is 2.21. The molecule has 0 atom stereocenters. The molecule has 1 aromatic carbocycles. The van der Waals surface area contributed by atoms with E-state index in [9.17, 15) is 9.59 Å². The summed E-state index contributed by atoms with van der Waals surface area (Å²) in [5, 5.41) is 6.54. The van der Waals surface area contributed by atoms with E-state index in [1.165, 1.54) is 24.9 Å². The number of aromatic nitrogens is 1. The van der Waals surface area contributed by atoms with E-state index in [4.69, 9.17) is 9.26 Å². The van der Waals surface area contributed by atoms with E-state index in [-0.39, 0.29) is 18.9 Å². The standard InChI is InChI=1S/C20H25N3O4/c1-14-18(15(2)27-22-14)12-20(25)26-13-19(24)21-16-6-8-17(9-7-16)23-10-4-3-5-11-23/h6-9H,3-5,10-13H2,1-2H3,(H,21,24). The van der Waals surface area contributed by atoms with E-state index < -0.39 is 5.97 Å². The summed E-state index contributed by atoms with van der Waals surface area (Å²) in [5.74, 6) is -0.268. The quantitative estimate of drug-likeness (QED) is 0.786. The zero-order valence-electron chi connectivity index (χ0n) is 15.8. The maximum Gasteiger partial charge on any atom is 0.310 e. The molecule has 7 nitrogen and oxygen atoms in total. The predicted octanol–water partition coefficient (Wildman–Crippen LogP) is 3.01. The molecule has 3 rings (SSSR count). The number of esters is 1. The highest BCUT2D eigenvalue weighted by atomic mass is 16.5. The van der Waals surface area contributed by atoms with Crippen molar-refractivity contribution in [3.8, 4) is 0 Å². The first-order valence-corrected chi connectivity index (χ1v) is 9.25. The molecule has 1 aliphatic rings. The van der Waals surface area contributed by atoms with Crippen LogP contribution >= 0.6 is 0 Å². The number of anilines is 2. The van der Waals surface area contributed by atoms with Crippen molar-refractivity contribution in [2.45, 2.75) is 39.5 Å². The van der Waals surface area contributed by atoms with Gasteiger partial charge in [0.05, 0.1) is 12.1 Å². The SMILES string of the molecule is Cc1noc(C)c1CC(=O)OCC(=O)Nc1ccc(N2CCCCC2)cc1. The molecule has 27 heavy (non-hydrogen) atoms. The number of piperidine rings is 1. The highest BCUT2D eigenvalue weighted by molar-refractivity contribution is 5.93. The monoisotopic (exact) mass is 371 g/mol. The van der Waals surface area contributed by atoms with E-state index in [0.717, 1.165) is 13.1 Å². The Morgan fingerprint density at radius 2 is 1.85 bits per heavy atom. The van der Waals surface area contributed by atoms with Crippen molar-refractivity contribution in [2.75, 3.05) is 29.9 Å². The first kappa shape index (κ1) is 18.9. The van der Waals surface area contributed by atoms with Crippen molar-refractivity contribution in [1.82, 2.24) is 5.16 Å². The van der Waals surface area contributed by atoms with Crippen LogP contribution in [-0.4, -0.2) is 36.7 Å². The van der Waals surface area contributed by atoms with E-state index >= 15 is 0 Å². The number of carbonyl (C=O) groups excluding carboxylic acids is 2. The Labute approximate surface area is 158 Å². The van der Waals surface area contributed by atoms with E-state index in [0.29, 0.717) is 22.7 Å². The van der Waals surface area contributed by atoms with Crippen LogP contribution in [0.3, 0.4) is 0 Å². The van der Waals surface area contributed by atoms with Crippen LogP contribution in [0.15, 0.2) is 28.8 Å². The fraction of sp³-hybridized carbons (Fsp3) is 0.450. The summed E-state index contributed by atoms with van der Waals surface area (Å²) in [4.78, 5) is 26.3. The van der Waals surface area contributed by atoms with Crippen LogP contribution < -0.4 is 10.2 Å². The fourth-order valence-corrected chi connectivity index (χ4v) is 3.20. The maximum atomic E-state index is 12.0. The smallest absolute Gasteiger partial charge is 0.310 e. The van der Waals surface area contributed by atoms with Crippen molar-refractivity contribution in [2.24, 2.45) is 0 Å². The Morgan fingerprint density at radius 3 is 2.48 bits per heavy atom. The zero-order chi connectivity index (χ0) is 19.2. The van der Waals surface area contributed by atoms with Crippen LogP contribution in [0.4, 0.5) is 11.4 Å². The summed E-state index contributed by atoms with van der Waals surface area (Å²) < 4.78 is 10.1. The molecule has 0 saturated carbocycles. The third-order valence-electron chi connectivity index (χ3n) is 4.74. The molecule has 144 valence electrons. The summed E-state index contributed by atoms with van der Waals surface area (Å²) in [6, 6.07) is 7.75. The fourth-order valence-electron chi connectivity index (χ4n) is 3.20. The van der Waals surface area contributed by atoms with Crippen LogP contribution in [-0.2, 0) is 20.7 Å². The lowest BCUT2D eigenvalue weighted by atomic mass is 10.1. The molecular weight excluding hydrogens is 346 g/mol. The number of hydrogen-bond acceptors (Lipinski definition) is 6. The second kappa shape index (κ2) is 8.70. The first-order valence-electron chi connectivity index (χ1n) is 9.25. The van der Waals surface area contributed by atoms with E-state index in [1.807, 2.05) is 24.3 Å². The molecule has 7 heteroatoms. The van der Waals surface area contributed by atoms with E-state index in [1.54, 1.807) is 13.8 Å². The van der Waals surface area contributed by atoms with E-state index in [2.05, 4.69) is 15.4 Å². The number of nitrogens with zero attached hydrogens (tertiary/aromatic N) is 2. The zero-order valence-corrected chi connectivity index (χ0v) is 15.8. The summed E-state index contributed by atoms with van der Waals surface area (Å²) in [7, 11) is 0. The normalized spacial score (nSPS) is 14.1. The molecule has 1 fully saturated rings. The molecule has 1 aromatic heterocycles. The first-order chi connectivity index (χ1) is 13.0. The largest absolute Gasteiger partial charge is 0.455 e. The van der Waals surface area contributed by atoms with Gasteiger partial charge in [-0.2, -0.15) is 0 Å². The minimum Gasteiger partial charge on any atom is -0.455 e. The van der Waals surface area contributed by atoms with Gasteiger partial charge in [-0.3, -0.25) is 9.59 Å². The average Bonchev–Trinajstić information content (AvgIpc) is 3.00. The number of amides is 1. The highest BCUT2D eigenvalue weighted by Gasteiger charge is 2.16. The van der Waals surface area contributed by atoms with Crippen LogP contribution in [0.25, 0.3) is 0 Å². The van der Waals surface area contributed by atoms with Crippen LogP contribution in [0.2, 0.25) is 0 Å². The minimum absolute atomic E-state index is 0.0407. The summed E-state index contributed by atoms with van der Waals surface area (Å²) in [6.45, 7) is 5.33. The van der Waals surface area contributed by atoms with Gasteiger partial charge in [0.2, 0.25) is 0 Å². The Balaban J connectivity index is 1.45.